The first-order chi connectivity index (χ1) is 15.3. The SMILES string of the molecule is N#C[C@H](OC1OC(COC2O[C@H](CO)[C@@H](O)C(O)[C@H]2O)[C@@H](O)[C@H](O)C1O)c1ccccc1. The van der Waals surface area contributed by atoms with E-state index >= 15 is 0 Å². The molecule has 0 aliphatic carbocycles. The molecule has 2 aliphatic heterocycles. The van der Waals surface area contributed by atoms with Crippen molar-refractivity contribution in [3.05, 3.63) is 35.9 Å². The molecule has 12 heteroatoms. The normalized spacial score (nSPS) is 41.1. The van der Waals surface area contributed by atoms with E-state index in [1.807, 2.05) is 6.07 Å². The summed E-state index contributed by atoms with van der Waals surface area (Å²) in [6, 6.07) is 10.3. The molecule has 2 heterocycles. The molecule has 178 valence electrons. The van der Waals surface area contributed by atoms with E-state index in [-0.39, 0.29) is 0 Å². The van der Waals surface area contributed by atoms with Crippen LogP contribution in [0.25, 0.3) is 0 Å². The van der Waals surface area contributed by atoms with Crippen LogP contribution >= 0.6 is 0 Å². The summed E-state index contributed by atoms with van der Waals surface area (Å²) in [7, 11) is 0. The smallest absolute Gasteiger partial charge is 0.188 e. The van der Waals surface area contributed by atoms with Gasteiger partial charge in [0.1, 0.15) is 48.8 Å². The molecule has 0 radical (unpaired) electrons. The quantitative estimate of drug-likeness (QED) is 0.218. The lowest BCUT2D eigenvalue weighted by atomic mass is 9.98. The molecule has 0 bridgehead atoms. The van der Waals surface area contributed by atoms with E-state index in [9.17, 15) is 41.0 Å². The molecule has 32 heavy (non-hydrogen) atoms. The second-order valence-electron chi connectivity index (χ2n) is 7.60. The minimum atomic E-state index is -1.70. The van der Waals surface area contributed by atoms with Gasteiger partial charge in [-0.25, -0.2) is 0 Å². The Morgan fingerprint density at radius 2 is 1.38 bits per heavy atom. The van der Waals surface area contributed by atoms with Gasteiger partial charge in [0.15, 0.2) is 18.7 Å². The van der Waals surface area contributed by atoms with Crippen LogP contribution in [-0.4, -0.2) is 110 Å². The van der Waals surface area contributed by atoms with Crippen LogP contribution in [0.5, 0.6) is 0 Å². The minimum absolute atomic E-state index is 0.487. The van der Waals surface area contributed by atoms with Crippen molar-refractivity contribution < 1.29 is 54.7 Å². The molecule has 0 amide bonds. The largest absolute Gasteiger partial charge is 0.394 e. The second kappa shape index (κ2) is 10.9. The Morgan fingerprint density at radius 1 is 0.812 bits per heavy atom. The van der Waals surface area contributed by atoms with E-state index in [0.717, 1.165) is 0 Å². The van der Waals surface area contributed by atoms with Crippen molar-refractivity contribution in [3.8, 4) is 6.07 Å². The number of aliphatic hydroxyl groups excluding tert-OH is 7. The van der Waals surface area contributed by atoms with Crippen LogP contribution in [-0.2, 0) is 18.9 Å². The van der Waals surface area contributed by atoms with Crippen molar-refractivity contribution >= 4 is 0 Å². The maximum atomic E-state index is 10.3. The Kier molecular flexibility index (Phi) is 8.50. The number of aliphatic hydroxyl groups is 7. The van der Waals surface area contributed by atoms with Crippen molar-refractivity contribution in [2.45, 2.75) is 67.5 Å². The summed E-state index contributed by atoms with van der Waals surface area (Å²) in [6.07, 6.45) is -16.5. The average molecular weight is 457 g/mol. The predicted octanol–water partition coefficient (Wildman–Crippen LogP) is -3.11. The highest BCUT2D eigenvalue weighted by atomic mass is 16.7. The molecule has 0 spiro atoms. The van der Waals surface area contributed by atoms with Crippen molar-refractivity contribution in [2.24, 2.45) is 0 Å². The number of hydrogen-bond acceptors (Lipinski definition) is 12. The van der Waals surface area contributed by atoms with Gasteiger partial charge in [0, 0.05) is 0 Å². The molecule has 0 aromatic heterocycles. The topological polar surface area (TPSA) is 202 Å². The lowest BCUT2D eigenvalue weighted by Gasteiger charge is -2.43. The lowest BCUT2D eigenvalue weighted by Crippen LogP contribution is -2.61. The molecule has 0 saturated carbocycles. The third-order valence-electron chi connectivity index (χ3n) is 5.43. The monoisotopic (exact) mass is 457 g/mol. The fraction of sp³-hybridized carbons (Fsp3) is 0.650. The Hall–Kier alpha value is -1.73. The molecule has 1 aromatic carbocycles. The van der Waals surface area contributed by atoms with E-state index in [2.05, 4.69) is 0 Å². The predicted molar refractivity (Wildman–Crippen MR) is 102 cm³/mol. The molecule has 1 aromatic rings. The van der Waals surface area contributed by atoms with Gasteiger partial charge in [-0.15, -0.1) is 0 Å². The Labute approximate surface area is 183 Å². The molecule has 5 unspecified atom stereocenters. The van der Waals surface area contributed by atoms with Crippen LogP contribution in [0.2, 0.25) is 0 Å². The van der Waals surface area contributed by atoms with Gasteiger partial charge in [-0.05, 0) is 5.56 Å². The Bertz CT molecular complexity index is 760. The van der Waals surface area contributed by atoms with Crippen LogP contribution in [0.4, 0.5) is 0 Å². The summed E-state index contributed by atoms with van der Waals surface area (Å²) < 4.78 is 21.6. The van der Waals surface area contributed by atoms with Crippen LogP contribution in [0.15, 0.2) is 30.3 Å². The van der Waals surface area contributed by atoms with Gasteiger partial charge in [0.25, 0.3) is 0 Å². The number of nitrogens with zero attached hydrogens (tertiary/aromatic N) is 1. The van der Waals surface area contributed by atoms with Crippen molar-refractivity contribution in [2.75, 3.05) is 13.2 Å². The zero-order valence-corrected chi connectivity index (χ0v) is 16.9. The maximum Gasteiger partial charge on any atom is 0.188 e. The van der Waals surface area contributed by atoms with E-state index in [1.165, 1.54) is 0 Å². The van der Waals surface area contributed by atoms with E-state index in [1.54, 1.807) is 30.3 Å². The van der Waals surface area contributed by atoms with Crippen LogP contribution in [0.3, 0.4) is 0 Å². The highest BCUT2D eigenvalue weighted by Crippen LogP contribution is 2.28. The zero-order valence-electron chi connectivity index (χ0n) is 16.9. The standard InChI is InChI=1S/C20H27NO11/c21-6-10(9-4-2-1-3-5-9)30-20-18(28)16(26)14(24)12(32-20)8-29-19-17(27)15(25)13(23)11(7-22)31-19/h1-5,10-20,22-28H,7-8H2/t10-,11+,12?,13+,14+,15?,16-,17+,18?,19?,20?/m0/s1. The van der Waals surface area contributed by atoms with Crippen molar-refractivity contribution in [1.29, 1.82) is 5.26 Å². The summed E-state index contributed by atoms with van der Waals surface area (Å²) >= 11 is 0. The van der Waals surface area contributed by atoms with Gasteiger partial charge in [-0.1, -0.05) is 30.3 Å². The number of rotatable bonds is 7. The lowest BCUT2D eigenvalue weighted by molar-refractivity contribution is -0.334. The molecule has 12 nitrogen and oxygen atoms in total. The first-order valence-electron chi connectivity index (χ1n) is 10.00. The maximum absolute atomic E-state index is 10.3. The van der Waals surface area contributed by atoms with Crippen molar-refractivity contribution in [3.63, 3.8) is 0 Å². The molecule has 2 aliphatic rings. The molecule has 11 atom stereocenters. The van der Waals surface area contributed by atoms with Crippen LogP contribution in [0.1, 0.15) is 11.7 Å². The number of ether oxygens (including phenoxy) is 4. The summed E-state index contributed by atoms with van der Waals surface area (Å²) in [5, 5.41) is 79.1. The van der Waals surface area contributed by atoms with Gasteiger partial charge in [-0.2, -0.15) is 5.26 Å². The first-order valence-corrected chi connectivity index (χ1v) is 10.00. The fourth-order valence-electron chi connectivity index (χ4n) is 3.51. The van der Waals surface area contributed by atoms with Crippen LogP contribution < -0.4 is 0 Å². The van der Waals surface area contributed by atoms with Gasteiger partial charge < -0.3 is 54.7 Å². The number of hydrogen-bond donors (Lipinski definition) is 7. The third kappa shape index (κ3) is 5.25. The van der Waals surface area contributed by atoms with E-state index in [0.29, 0.717) is 5.56 Å². The third-order valence-corrected chi connectivity index (χ3v) is 5.43. The zero-order chi connectivity index (χ0) is 23.4. The van der Waals surface area contributed by atoms with Crippen molar-refractivity contribution in [1.82, 2.24) is 0 Å². The first kappa shape index (κ1) is 24.9. The Morgan fingerprint density at radius 3 is 1.97 bits per heavy atom. The molecular formula is C20H27NO11. The molecule has 7 N–H and O–H groups in total. The van der Waals surface area contributed by atoms with E-state index < -0.39 is 80.7 Å². The van der Waals surface area contributed by atoms with Gasteiger partial charge >= 0.3 is 0 Å². The molecule has 3 rings (SSSR count). The summed E-state index contributed by atoms with van der Waals surface area (Å²) in [5.41, 5.74) is 0.487. The van der Waals surface area contributed by atoms with Gasteiger partial charge in [-0.3, -0.25) is 0 Å². The molecular weight excluding hydrogens is 430 g/mol. The number of nitriles is 1. The minimum Gasteiger partial charge on any atom is -0.394 e. The molecule has 2 saturated heterocycles. The highest BCUT2D eigenvalue weighted by Gasteiger charge is 2.48. The van der Waals surface area contributed by atoms with Gasteiger partial charge in [0.05, 0.1) is 19.3 Å². The summed E-state index contributed by atoms with van der Waals surface area (Å²) in [4.78, 5) is 0. The van der Waals surface area contributed by atoms with Gasteiger partial charge in [0.2, 0.25) is 0 Å². The fourth-order valence-corrected chi connectivity index (χ4v) is 3.51. The second-order valence-corrected chi connectivity index (χ2v) is 7.60. The summed E-state index contributed by atoms with van der Waals surface area (Å²) in [6.45, 7) is -1.14. The number of benzene rings is 1. The molecule has 2 fully saturated rings. The van der Waals surface area contributed by atoms with Crippen LogP contribution in [0, 0.1) is 11.3 Å². The highest BCUT2D eigenvalue weighted by molar-refractivity contribution is 5.22. The average Bonchev–Trinajstić information content (AvgIpc) is 2.81. The van der Waals surface area contributed by atoms with E-state index in [4.69, 9.17) is 18.9 Å². The summed E-state index contributed by atoms with van der Waals surface area (Å²) in [5.74, 6) is 0. The Balaban J connectivity index is 1.65.